The van der Waals surface area contributed by atoms with Crippen molar-refractivity contribution in [3.8, 4) is 0 Å². The molecular formula is C27H52N4O4. The molecule has 0 atom stereocenters. The molecule has 35 heavy (non-hydrogen) atoms. The number of nitrogens with zero attached hydrogens (tertiary/aromatic N) is 2. The van der Waals surface area contributed by atoms with Crippen LogP contribution in [0.4, 0.5) is 0 Å². The Morgan fingerprint density at radius 3 is 2.17 bits per heavy atom. The molecule has 0 saturated carbocycles. The fraction of sp³-hybridized carbons (Fsp3) is 0.926. The summed E-state index contributed by atoms with van der Waals surface area (Å²) in [6.07, 6.45) is 11.0. The van der Waals surface area contributed by atoms with Gasteiger partial charge in [-0.15, -0.1) is 0 Å². The molecule has 2 N–H and O–H groups in total. The lowest BCUT2D eigenvalue weighted by Crippen LogP contribution is -2.36. The molecule has 2 saturated heterocycles. The summed E-state index contributed by atoms with van der Waals surface area (Å²) >= 11 is 0. The minimum absolute atomic E-state index is 0.0647. The van der Waals surface area contributed by atoms with E-state index < -0.39 is 0 Å². The molecule has 2 aliphatic heterocycles. The van der Waals surface area contributed by atoms with Crippen LogP contribution >= 0.6 is 0 Å². The zero-order valence-corrected chi connectivity index (χ0v) is 22.5. The van der Waals surface area contributed by atoms with Crippen molar-refractivity contribution in [2.24, 2.45) is 11.8 Å². The molecular weight excluding hydrogens is 444 g/mol. The van der Waals surface area contributed by atoms with E-state index in [1.165, 1.54) is 45.2 Å². The average molecular weight is 497 g/mol. The van der Waals surface area contributed by atoms with Gasteiger partial charge in [-0.05, 0) is 102 Å². The van der Waals surface area contributed by atoms with E-state index in [9.17, 15) is 9.59 Å². The molecule has 0 aliphatic carbocycles. The quantitative estimate of drug-likeness (QED) is 0.284. The molecule has 0 aromatic heterocycles. The zero-order chi connectivity index (χ0) is 25.1. The molecule has 8 heteroatoms. The highest BCUT2D eigenvalue weighted by atomic mass is 16.5. The van der Waals surface area contributed by atoms with Gasteiger partial charge in [-0.3, -0.25) is 9.59 Å². The van der Waals surface area contributed by atoms with Crippen LogP contribution < -0.4 is 10.6 Å². The van der Waals surface area contributed by atoms with Crippen LogP contribution in [0.5, 0.6) is 0 Å². The summed E-state index contributed by atoms with van der Waals surface area (Å²) in [4.78, 5) is 28.3. The second-order valence-corrected chi connectivity index (χ2v) is 10.5. The number of carbonyl (C=O) groups excluding carboxylic acids is 2. The fourth-order valence-corrected chi connectivity index (χ4v) is 4.90. The number of piperidine rings is 2. The number of rotatable bonds is 18. The summed E-state index contributed by atoms with van der Waals surface area (Å²) in [5.74, 6) is 1.65. The van der Waals surface area contributed by atoms with Crippen molar-refractivity contribution < 1.29 is 19.1 Å². The second kappa shape index (κ2) is 19.0. The van der Waals surface area contributed by atoms with Gasteiger partial charge in [0.2, 0.25) is 11.8 Å². The molecule has 2 aliphatic rings. The summed E-state index contributed by atoms with van der Waals surface area (Å²) in [7, 11) is 1.63. The first-order chi connectivity index (χ1) is 17.1. The monoisotopic (exact) mass is 496 g/mol. The Balaban J connectivity index is 1.34. The lowest BCUT2D eigenvalue weighted by molar-refractivity contribution is -0.125. The van der Waals surface area contributed by atoms with Crippen molar-refractivity contribution in [2.45, 2.75) is 71.1 Å². The molecule has 0 aromatic rings. The molecule has 2 fully saturated rings. The molecule has 2 rings (SSSR count). The largest absolute Gasteiger partial charge is 0.381 e. The van der Waals surface area contributed by atoms with E-state index in [0.717, 1.165) is 76.8 Å². The number of carbonyl (C=O) groups is 2. The Bertz CT molecular complexity index is 561. The Hall–Kier alpha value is -1.22. The Morgan fingerprint density at radius 2 is 1.46 bits per heavy atom. The topological polar surface area (TPSA) is 83.1 Å². The van der Waals surface area contributed by atoms with Crippen LogP contribution in [0.15, 0.2) is 0 Å². The number of ether oxygens (including phenoxy) is 2. The number of likely N-dealkylation sites (N-methyl/N-ethyl adjacent to an activating group) is 1. The first kappa shape index (κ1) is 30.0. The van der Waals surface area contributed by atoms with Gasteiger partial charge in [-0.2, -0.15) is 0 Å². The lowest BCUT2D eigenvalue weighted by atomic mass is 9.93. The van der Waals surface area contributed by atoms with Gasteiger partial charge >= 0.3 is 0 Å². The highest BCUT2D eigenvalue weighted by molar-refractivity contribution is 5.76. The highest BCUT2D eigenvalue weighted by Gasteiger charge is 2.19. The maximum atomic E-state index is 12.1. The number of hydrogen-bond donors (Lipinski definition) is 2. The maximum Gasteiger partial charge on any atom is 0.245 e. The lowest BCUT2D eigenvalue weighted by Gasteiger charge is -2.32. The van der Waals surface area contributed by atoms with Gasteiger partial charge in [0.1, 0.15) is 6.61 Å². The summed E-state index contributed by atoms with van der Waals surface area (Å²) in [5.41, 5.74) is 0. The zero-order valence-electron chi connectivity index (χ0n) is 22.5. The van der Waals surface area contributed by atoms with E-state index >= 15 is 0 Å². The van der Waals surface area contributed by atoms with Crippen LogP contribution in [0.3, 0.4) is 0 Å². The van der Waals surface area contributed by atoms with Crippen molar-refractivity contribution in [2.75, 3.05) is 79.3 Å². The van der Waals surface area contributed by atoms with Gasteiger partial charge in [0.15, 0.2) is 0 Å². The molecule has 0 bridgehead atoms. The van der Waals surface area contributed by atoms with Gasteiger partial charge in [-0.25, -0.2) is 0 Å². The van der Waals surface area contributed by atoms with Crippen molar-refractivity contribution in [1.29, 1.82) is 0 Å². The van der Waals surface area contributed by atoms with Crippen LogP contribution in [-0.4, -0.2) is 101 Å². The van der Waals surface area contributed by atoms with Gasteiger partial charge in [0.25, 0.3) is 0 Å². The normalized spacial score (nSPS) is 18.6. The number of unbranched alkanes of at least 4 members (excludes halogenated alkanes) is 2. The van der Waals surface area contributed by atoms with Gasteiger partial charge in [-0.1, -0.05) is 6.92 Å². The Morgan fingerprint density at radius 1 is 0.800 bits per heavy atom. The van der Waals surface area contributed by atoms with E-state index in [-0.39, 0.29) is 18.4 Å². The van der Waals surface area contributed by atoms with Crippen LogP contribution in [0.1, 0.15) is 71.1 Å². The SMILES string of the molecule is CNC(=O)COCCCCCN1CCC(CCNC(=O)CCOCCCN2CCC(C)CC2)CC1. The minimum atomic E-state index is -0.0647. The van der Waals surface area contributed by atoms with Crippen molar-refractivity contribution in [1.82, 2.24) is 20.4 Å². The fourth-order valence-electron chi connectivity index (χ4n) is 4.90. The third kappa shape index (κ3) is 14.8. The van der Waals surface area contributed by atoms with E-state index in [1.807, 2.05) is 0 Å². The first-order valence-corrected chi connectivity index (χ1v) is 14.1. The second-order valence-electron chi connectivity index (χ2n) is 10.5. The van der Waals surface area contributed by atoms with E-state index in [4.69, 9.17) is 9.47 Å². The highest BCUT2D eigenvalue weighted by Crippen LogP contribution is 2.20. The maximum absolute atomic E-state index is 12.1. The van der Waals surface area contributed by atoms with E-state index in [1.54, 1.807) is 7.05 Å². The first-order valence-electron chi connectivity index (χ1n) is 14.1. The Labute approximate surface area is 213 Å². The van der Waals surface area contributed by atoms with Crippen molar-refractivity contribution >= 4 is 11.8 Å². The third-order valence-electron chi connectivity index (χ3n) is 7.47. The predicted molar refractivity (Wildman–Crippen MR) is 140 cm³/mol. The molecule has 0 radical (unpaired) electrons. The van der Waals surface area contributed by atoms with Crippen LogP contribution in [0, 0.1) is 11.8 Å². The molecule has 0 spiro atoms. The van der Waals surface area contributed by atoms with Crippen LogP contribution in [-0.2, 0) is 19.1 Å². The van der Waals surface area contributed by atoms with Gasteiger partial charge < -0.3 is 29.9 Å². The molecule has 0 aromatic carbocycles. The van der Waals surface area contributed by atoms with Crippen LogP contribution in [0.25, 0.3) is 0 Å². The van der Waals surface area contributed by atoms with Gasteiger partial charge in [0, 0.05) is 39.8 Å². The number of amides is 2. The molecule has 2 amide bonds. The summed E-state index contributed by atoms with van der Waals surface area (Å²) in [5, 5.41) is 5.64. The summed E-state index contributed by atoms with van der Waals surface area (Å²) in [6.45, 7) is 12.3. The van der Waals surface area contributed by atoms with Gasteiger partial charge in [0.05, 0.1) is 6.61 Å². The standard InChI is InChI=1S/C27H52N4O4/c1-24-8-16-31(17-9-24)15-6-21-34-22-12-26(32)29-13-7-25-10-18-30(19-11-25)14-4-3-5-20-35-23-27(33)28-2/h24-25H,3-23H2,1-2H3,(H,28,33)(H,29,32). The van der Waals surface area contributed by atoms with E-state index in [2.05, 4.69) is 27.4 Å². The molecule has 204 valence electrons. The smallest absolute Gasteiger partial charge is 0.245 e. The number of likely N-dealkylation sites (tertiary alicyclic amines) is 2. The predicted octanol–water partition coefficient (Wildman–Crippen LogP) is 2.67. The van der Waals surface area contributed by atoms with Crippen molar-refractivity contribution in [3.05, 3.63) is 0 Å². The molecule has 2 heterocycles. The number of nitrogens with one attached hydrogen (secondary N) is 2. The molecule has 8 nitrogen and oxygen atoms in total. The molecule has 0 unspecified atom stereocenters. The van der Waals surface area contributed by atoms with Crippen molar-refractivity contribution in [3.63, 3.8) is 0 Å². The van der Waals surface area contributed by atoms with E-state index in [0.29, 0.717) is 19.6 Å². The summed E-state index contributed by atoms with van der Waals surface area (Å²) in [6, 6.07) is 0. The number of hydrogen-bond acceptors (Lipinski definition) is 6. The summed E-state index contributed by atoms with van der Waals surface area (Å²) < 4.78 is 11.0. The average Bonchev–Trinajstić information content (AvgIpc) is 2.87. The third-order valence-corrected chi connectivity index (χ3v) is 7.47. The Kier molecular flexibility index (Phi) is 16.3. The minimum Gasteiger partial charge on any atom is -0.381 e. The van der Waals surface area contributed by atoms with Crippen LogP contribution in [0.2, 0.25) is 0 Å².